The van der Waals surface area contributed by atoms with Crippen LogP contribution in [0.25, 0.3) is 0 Å². The molecule has 1 heterocycles. The number of nitrogens with one attached hydrogen (secondary N) is 1. The highest BCUT2D eigenvalue weighted by atomic mass is 127. The fourth-order valence-corrected chi connectivity index (χ4v) is 4.00. The second-order valence-corrected chi connectivity index (χ2v) is 7.35. The highest BCUT2D eigenvalue weighted by Gasteiger charge is 2.17. The number of aryl methyl sites for hydroxylation is 1. The Morgan fingerprint density at radius 1 is 1.33 bits per heavy atom. The molecule has 1 N–H and O–H groups in total. The van der Waals surface area contributed by atoms with E-state index in [0.29, 0.717) is 0 Å². The van der Waals surface area contributed by atoms with Gasteiger partial charge in [0.2, 0.25) is 0 Å². The molecule has 96 valence electrons. The molecule has 1 aromatic carbocycles. The zero-order valence-electron chi connectivity index (χ0n) is 10.3. The average molecular weight is 436 g/mol. The van der Waals surface area contributed by atoms with Gasteiger partial charge >= 0.3 is 0 Å². The minimum Gasteiger partial charge on any atom is -0.309 e. The summed E-state index contributed by atoms with van der Waals surface area (Å²) in [5.74, 6) is 0. The summed E-state index contributed by atoms with van der Waals surface area (Å²) >= 11 is 7.90. The number of hydrogen-bond acceptors (Lipinski definition) is 2. The molecule has 0 radical (unpaired) electrons. The molecule has 0 spiro atoms. The quantitative estimate of drug-likeness (QED) is 0.667. The van der Waals surface area contributed by atoms with Crippen molar-refractivity contribution >= 4 is 49.9 Å². The van der Waals surface area contributed by atoms with Gasteiger partial charge < -0.3 is 5.32 Å². The lowest BCUT2D eigenvalue weighted by atomic mass is 10.1. The Kier molecular flexibility index (Phi) is 5.24. The molecule has 2 aromatic rings. The van der Waals surface area contributed by atoms with E-state index >= 15 is 0 Å². The van der Waals surface area contributed by atoms with Crippen molar-refractivity contribution in [1.29, 1.82) is 0 Å². The van der Waals surface area contributed by atoms with E-state index in [0.717, 1.165) is 10.9 Å². The van der Waals surface area contributed by atoms with Crippen LogP contribution in [0.2, 0.25) is 0 Å². The average Bonchev–Trinajstić information content (AvgIpc) is 2.83. The summed E-state index contributed by atoms with van der Waals surface area (Å²) in [7, 11) is 2.02. The van der Waals surface area contributed by atoms with Crippen molar-refractivity contribution in [2.75, 3.05) is 7.05 Å². The van der Waals surface area contributed by atoms with Crippen LogP contribution in [-0.2, 0) is 6.42 Å². The summed E-state index contributed by atoms with van der Waals surface area (Å²) in [5.41, 5.74) is 1.30. The molecule has 0 bridgehead atoms. The molecular formula is C14H15BrINS. The largest absolute Gasteiger partial charge is 0.309 e. The third-order valence-corrected chi connectivity index (χ3v) is 5.56. The highest BCUT2D eigenvalue weighted by molar-refractivity contribution is 14.1. The molecule has 0 aliphatic rings. The van der Waals surface area contributed by atoms with Gasteiger partial charge in [0.15, 0.2) is 0 Å². The van der Waals surface area contributed by atoms with Crippen molar-refractivity contribution in [2.45, 2.75) is 19.4 Å². The van der Waals surface area contributed by atoms with Crippen LogP contribution >= 0.6 is 49.9 Å². The van der Waals surface area contributed by atoms with Crippen molar-refractivity contribution in [3.05, 3.63) is 53.7 Å². The number of thiophene rings is 1. The van der Waals surface area contributed by atoms with E-state index in [1.807, 2.05) is 18.4 Å². The lowest BCUT2D eigenvalue weighted by Gasteiger charge is -2.17. The molecule has 1 aromatic heterocycles. The molecule has 1 nitrogen and oxygen atoms in total. The molecule has 0 aliphatic carbocycles. The van der Waals surface area contributed by atoms with Gasteiger partial charge in [0.25, 0.3) is 0 Å². The summed E-state index contributed by atoms with van der Waals surface area (Å²) in [6.45, 7) is 2.20. The van der Waals surface area contributed by atoms with Crippen LogP contribution in [0.4, 0.5) is 0 Å². The van der Waals surface area contributed by atoms with Gasteiger partial charge in [0.1, 0.15) is 0 Å². The minimum absolute atomic E-state index is 0.263. The van der Waals surface area contributed by atoms with Gasteiger partial charge in [-0.05, 0) is 72.0 Å². The fourth-order valence-electron chi connectivity index (χ4n) is 1.93. The van der Waals surface area contributed by atoms with Crippen molar-refractivity contribution in [2.24, 2.45) is 0 Å². The van der Waals surface area contributed by atoms with E-state index in [1.54, 1.807) is 0 Å². The van der Waals surface area contributed by atoms with E-state index in [-0.39, 0.29) is 6.04 Å². The van der Waals surface area contributed by atoms with E-state index in [1.165, 1.54) is 18.9 Å². The minimum atomic E-state index is 0.263. The van der Waals surface area contributed by atoms with Crippen LogP contribution in [0, 0.1) is 3.57 Å². The van der Waals surface area contributed by atoms with Gasteiger partial charge in [0, 0.05) is 17.8 Å². The first-order chi connectivity index (χ1) is 8.65. The van der Waals surface area contributed by atoms with Crippen LogP contribution in [0.3, 0.4) is 0 Å². The van der Waals surface area contributed by atoms with Gasteiger partial charge in [-0.25, -0.2) is 0 Å². The molecular weight excluding hydrogens is 421 g/mol. The molecule has 0 aliphatic heterocycles. The molecule has 18 heavy (non-hydrogen) atoms. The second-order valence-electron chi connectivity index (χ2n) is 4.05. The van der Waals surface area contributed by atoms with E-state index < -0.39 is 0 Å². The predicted octanol–water partition coefficient (Wildman–Crippen LogP) is 4.99. The molecule has 4 heteroatoms. The third kappa shape index (κ3) is 3.15. The van der Waals surface area contributed by atoms with Crippen LogP contribution in [0.15, 0.2) is 34.8 Å². The van der Waals surface area contributed by atoms with Gasteiger partial charge in [-0.3, -0.25) is 0 Å². The van der Waals surface area contributed by atoms with Crippen molar-refractivity contribution in [3.8, 4) is 0 Å². The number of hydrogen-bond donors (Lipinski definition) is 1. The lowest BCUT2D eigenvalue weighted by molar-refractivity contribution is 0.700. The summed E-state index contributed by atoms with van der Waals surface area (Å²) in [6, 6.07) is 11.2. The van der Waals surface area contributed by atoms with Crippen LogP contribution in [0.5, 0.6) is 0 Å². The van der Waals surface area contributed by atoms with Gasteiger partial charge in [0.05, 0.1) is 6.04 Å². The van der Waals surface area contributed by atoms with Crippen molar-refractivity contribution in [3.63, 3.8) is 0 Å². The first-order valence-electron chi connectivity index (χ1n) is 5.86. The Morgan fingerprint density at radius 3 is 2.72 bits per heavy atom. The molecule has 0 amide bonds. The van der Waals surface area contributed by atoms with Crippen LogP contribution < -0.4 is 5.32 Å². The Hall–Kier alpha value is 0.0900. The SMILES string of the molecule is CCc1ccc(C(NC)c2cc(I)ccc2Br)s1. The second kappa shape index (κ2) is 6.50. The Bertz CT molecular complexity index is 538. The molecule has 1 unspecified atom stereocenters. The van der Waals surface area contributed by atoms with Gasteiger partial charge in [-0.1, -0.05) is 22.9 Å². The maximum absolute atomic E-state index is 3.65. The normalized spacial score (nSPS) is 12.7. The summed E-state index contributed by atoms with van der Waals surface area (Å²) in [5, 5.41) is 3.42. The molecule has 0 saturated carbocycles. The first-order valence-corrected chi connectivity index (χ1v) is 8.55. The fraction of sp³-hybridized carbons (Fsp3) is 0.286. The molecule has 0 saturated heterocycles. The summed E-state index contributed by atoms with van der Waals surface area (Å²) in [6.07, 6.45) is 1.11. The topological polar surface area (TPSA) is 12.0 Å². The molecule has 0 fully saturated rings. The maximum atomic E-state index is 3.65. The van der Waals surface area contributed by atoms with Crippen molar-refractivity contribution in [1.82, 2.24) is 5.32 Å². The number of halogens is 2. The molecule has 1 atom stereocenters. The predicted molar refractivity (Wildman–Crippen MR) is 91.5 cm³/mol. The van der Waals surface area contributed by atoms with Gasteiger partial charge in [-0.15, -0.1) is 11.3 Å². The maximum Gasteiger partial charge on any atom is 0.0680 e. The highest BCUT2D eigenvalue weighted by Crippen LogP contribution is 2.33. The van der Waals surface area contributed by atoms with E-state index in [2.05, 4.69) is 81.1 Å². The van der Waals surface area contributed by atoms with Crippen LogP contribution in [0.1, 0.15) is 28.3 Å². The third-order valence-electron chi connectivity index (χ3n) is 2.87. The monoisotopic (exact) mass is 435 g/mol. The lowest BCUT2D eigenvalue weighted by Crippen LogP contribution is -2.17. The standard InChI is InChI=1S/C14H15BrINS/c1-3-10-5-7-13(18-10)14(17-2)11-8-9(16)4-6-12(11)15/h4-8,14,17H,3H2,1-2H3. The van der Waals surface area contributed by atoms with Crippen LogP contribution in [-0.4, -0.2) is 7.05 Å². The van der Waals surface area contributed by atoms with Gasteiger partial charge in [-0.2, -0.15) is 0 Å². The Morgan fingerprint density at radius 2 is 2.11 bits per heavy atom. The van der Waals surface area contributed by atoms with E-state index in [9.17, 15) is 0 Å². The smallest absolute Gasteiger partial charge is 0.0680 e. The first kappa shape index (κ1) is 14.5. The summed E-state index contributed by atoms with van der Waals surface area (Å²) in [4.78, 5) is 2.81. The zero-order valence-corrected chi connectivity index (χ0v) is 14.9. The molecule has 2 rings (SSSR count). The van der Waals surface area contributed by atoms with Crippen molar-refractivity contribution < 1.29 is 0 Å². The summed E-state index contributed by atoms with van der Waals surface area (Å²) < 4.78 is 2.42. The number of benzene rings is 1. The Balaban J connectivity index is 2.41. The zero-order chi connectivity index (χ0) is 13.1. The van der Waals surface area contributed by atoms with E-state index in [4.69, 9.17) is 0 Å². The number of rotatable bonds is 4. The Labute approximate surface area is 134 Å².